The minimum Gasteiger partial charge on any atom is -0.496 e. The van der Waals surface area contributed by atoms with Gasteiger partial charge in [0.15, 0.2) is 0 Å². The molecule has 0 saturated carbocycles. The van der Waals surface area contributed by atoms with E-state index in [0.717, 1.165) is 43.8 Å². The Morgan fingerprint density at radius 2 is 1.93 bits per heavy atom. The van der Waals surface area contributed by atoms with E-state index in [1.807, 2.05) is 24.3 Å². The SMILES string of the molecule is COc1ccccc1CCC(=O)N1CC2CCC1CN(CC(=O)N(C)C)C2. The quantitative estimate of drug-likeness (QED) is 0.761. The fraction of sp³-hybridized carbons (Fsp3) is 0.619. The van der Waals surface area contributed by atoms with Crippen molar-refractivity contribution in [1.29, 1.82) is 0 Å². The molecule has 2 bridgehead atoms. The summed E-state index contributed by atoms with van der Waals surface area (Å²) in [5.74, 6) is 1.66. The summed E-state index contributed by atoms with van der Waals surface area (Å²) < 4.78 is 5.40. The molecule has 1 aromatic rings. The van der Waals surface area contributed by atoms with Gasteiger partial charge in [-0.05, 0) is 36.8 Å². The number of ether oxygens (including phenoxy) is 1. The molecule has 2 atom stereocenters. The molecular weight excluding hydrogens is 342 g/mol. The Labute approximate surface area is 162 Å². The van der Waals surface area contributed by atoms with Crippen LogP contribution >= 0.6 is 0 Å². The molecule has 0 aromatic heterocycles. The first kappa shape index (κ1) is 19.7. The number of fused-ring (bicyclic) bond motifs is 4. The number of hydrogen-bond donors (Lipinski definition) is 0. The summed E-state index contributed by atoms with van der Waals surface area (Å²) in [6.45, 7) is 2.98. The Morgan fingerprint density at radius 1 is 1.15 bits per heavy atom. The number of rotatable bonds is 6. The van der Waals surface area contributed by atoms with Crippen LogP contribution in [0.25, 0.3) is 0 Å². The standard InChI is InChI=1S/C21H31N3O3/c1-22(2)21(26)15-23-12-16-8-10-18(14-23)24(13-16)20(25)11-9-17-6-4-5-7-19(17)27-3/h4-7,16,18H,8-15H2,1-3H3. The molecule has 27 heavy (non-hydrogen) atoms. The normalized spacial score (nSPS) is 22.4. The van der Waals surface area contributed by atoms with Gasteiger partial charge in [-0.25, -0.2) is 0 Å². The van der Waals surface area contributed by atoms with Crippen LogP contribution in [-0.2, 0) is 16.0 Å². The molecule has 1 aromatic carbocycles. The lowest BCUT2D eigenvalue weighted by atomic mass is 9.94. The number of carbonyl (C=O) groups excluding carboxylic acids is 2. The van der Waals surface area contributed by atoms with Crippen molar-refractivity contribution in [2.45, 2.75) is 31.7 Å². The predicted molar refractivity (Wildman–Crippen MR) is 105 cm³/mol. The van der Waals surface area contributed by atoms with Crippen LogP contribution in [0.3, 0.4) is 0 Å². The van der Waals surface area contributed by atoms with Crippen LogP contribution in [0.2, 0.25) is 0 Å². The van der Waals surface area contributed by atoms with Gasteiger partial charge in [-0.1, -0.05) is 18.2 Å². The maximum absolute atomic E-state index is 12.9. The van der Waals surface area contributed by atoms with Crippen LogP contribution in [0.1, 0.15) is 24.8 Å². The molecule has 3 heterocycles. The van der Waals surface area contributed by atoms with Gasteiger partial charge in [0.05, 0.1) is 13.7 Å². The summed E-state index contributed by atoms with van der Waals surface area (Å²) in [5.41, 5.74) is 1.08. The van der Waals surface area contributed by atoms with Crippen molar-refractivity contribution in [1.82, 2.24) is 14.7 Å². The van der Waals surface area contributed by atoms with Crippen LogP contribution < -0.4 is 4.74 Å². The minimum absolute atomic E-state index is 0.130. The van der Waals surface area contributed by atoms with Gasteiger partial charge < -0.3 is 14.5 Å². The summed E-state index contributed by atoms with van der Waals surface area (Å²) in [5, 5.41) is 0. The Hall–Kier alpha value is -2.08. The van der Waals surface area contributed by atoms with Gasteiger partial charge in [0.25, 0.3) is 0 Å². The van der Waals surface area contributed by atoms with Crippen LogP contribution in [-0.4, -0.2) is 79.9 Å². The lowest BCUT2D eigenvalue weighted by Crippen LogP contribution is -2.47. The second-order valence-corrected chi connectivity index (χ2v) is 7.94. The third kappa shape index (κ3) is 4.80. The smallest absolute Gasteiger partial charge is 0.236 e. The van der Waals surface area contributed by atoms with E-state index in [4.69, 9.17) is 4.74 Å². The molecule has 0 radical (unpaired) electrons. The van der Waals surface area contributed by atoms with E-state index in [1.54, 1.807) is 26.1 Å². The molecule has 6 heteroatoms. The van der Waals surface area contributed by atoms with Crippen molar-refractivity contribution in [2.24, 2.45) is 5.92 Å². The van der Waals surface area contributed by atoms with Crippen molar-refractivity contribution in [3.05, 3.63) is 29.8 Å². The molecule has 2 unspecified atom stereocenters. The maximum Gasteiger partial charge on any atom is 0.236 e. The molecule has 3 aliphatic heterocycles. The number of likely N-dealkylation sites (N-methyl/N-ethyl adjacent to an activating group) is 1. The van der Waals surface area contributed by atoms with Crippen LogP contribution in [0.5, 0.6) is 5.75 Å². The second-order valence-electron chi connectivity index (χ2n) is 7.94. The Bertz CT molecular complexity index is 676. The first-order valence-electron chi connectivity index (χ1n) is 9.81. The molecule has 0 N–H and O–H groups in total. The van der Waals surface area contributed by atoms with Gasteiger partial charge >= 0.3 is 0 Å². The highest BCUT2D eigenvalue weighted by Crippen LogP contribution is 2.29. The van der Waals surface area contributed by atoms with Crippen LogP contribution in [0, 0.1) is 5.92 Å². The van der Waals surface area contributed by atoms with Gasteiger partial charge in [0.2, 0.25) is 11.8 Å². The molecule has 3 fully saturated rings. The topological polar surface area (TPSA) is 53.1 Å². The highest BCUT2D eigenvalue weighted by Gasteiger charge is 2.37. The molecule has 148 valence electrons. The van der Waals surface area contributed by atoms with Gasteiger partial charge in [-0.2, -0.15) is 0 Å². The maximum atomic E-state index is 12.9. The zero-order valence-corrected chi connectivity index (χ0v) is 16.7. The number of aryl methyl sites for hydroxylation is 1. The lowest BCUT2D eigenvalue weighted by Gasteiger charge is -2.36. The van der Waals surface area contributed by atoms with Crippen molar-refractivity contribution < 1.29 is 14.3 Å². The highest BCUT2D eigenvalue weighted by molar-refractivity contribution is 5.78. The molecule has 6 nitrogen and oxygen atoms in total. The average molecular weight is 373 g/mol. The first-order chi connectivity index (χ1) is 13.0. The number of piperidine rings is 1. The first-order valence-corrected chi connectivity index (χ1v) is 9.81. The van der Waals surface area contributed by atoms with E-state index < -0.39 is 0 Å². The van der Waals surface area contributed by atoms with Crippen molar-refractivity contribution in [3.63, 3.8) is 0 Å². The van der Waals surface area contributed by atoms with Crippen molar-refractivity contribution in [3.8, 4) is 5.75 Å². The number of hydrogen-bond acceptors (Lipinski definition) is 4. The second kappa shape index (κ2) is 8.74. The molecule has 3 saturated heterocycles. The minimum atomic E-state index is 0.130. The van der Waals surface area contributed by atoms with Crippen molar-refractivity contribution >= 4 is 11.8 Å². The number of benzene rings is 1. The summed E-state index contributed by atoms with van der Waals surface area (Å²) in [7, 11) is 5.25. The van der Waals surface area contributed by atoms with E-state index in [0.29, 0.717) is 25.3 Å². The van der Waals surface area contributed by atoms with E-state index in [-0.39, 0.29) is 17.9 Å². The zero-order valence-electron chi connectivity index (χ0n) is 16.7. The third-order valence-electron chi connectivity index (χ3n) is 5.77. The largest absolute Gasteiger partial charge is 0.496 e. The summed E-state index contributed by atoms with van der Waals surface area (Å²) >= 11 is 0. The summed E-state index contributed by atoms with van der Waals surface area (Å²) in [4.78, 5) is 31.0. The van der Waals surface area contributed by atoms with E-state index in [2.05, 4.69) is 9.80 Å². The Balaban J connectivity index is 1.60. The van der Waals surface area contributed by atoms with Crippen LogP contribution in [0.15, 0.2) is 24.3 Å². The van der Waals surface area contributed by atoms with E-state index >= 15 is 0 Å². The number of methoxy groups -OCH3 is 1. The van der Waals surface area contributed by atoms with Crippen molar-refractivity contribution in [2.75, 3.05) is 47.4 Å². The lowest BCUT2D eigenvalue weighted by molar-refractivity contribution is -0.135. The van der Waals surface area contributed by atoms with E-state index in [9.17, 15) is 9.59 Å². The van der Waals surface area contributed by atoms with E-state index in [1.165, 1.54) is 0 Å². The number of carbonyl (C=O) groups is 2. The summed E-state index contributed by atoms with van der Waals surface area (Å²) in [6.07, 6.45) is 3.38. The fourth-order valence-electron chi connectivity index (χ4n) is 4.24. The zero-order chi connectivity index (χ0) is 19.4. The monoisotopic (exact) mass is 373 g/mol. The molecule has 4 rings (SSSR count). The number of amides is 2. The summed E-state index contributed by atoms with van der Waals surface area (Å²) in [6, 6.07) is 8.11. The van der Waals surface area contributed by atoms with Gasteiger partial charge in [-0.15, -0.1) is 0 Å². The Morgan fingerprint density at radius 3 is 2.67 bits per heavy atom. The third-order valence-corrected chi connectivity index (χ3v) is 5.77. The molecular formula is C21H31N3O3. The molecule has 2 amide bonds. The van der Waals surface area contributed by atoms with Gasteiger partial charge in [0.1, 0.15) is 5.75 Å². The fourth-order valence-corrected chi connectivity index (χ4v) is 4.24. The van der Waals surface area contributed by atoms with Gasteiger partial charge in [-0.3, -0.25) is 14.5 Å². The molecule has 0 aliphatic carbocycles. The number of para-hydroxylation sites is 1. The molecule has 3 aliphatic rings. The average Bonchev–Trinajstić information content (AvgIpc) is 2.96. The number of nitrogens with zero attached hydrogens (tertiary/aromatic N) is 3. The van der Waals surface area contributed by atoms with Crippen LogP contribution in [0.4, 0.5) is 0 Å². The predicted octanol–water partition coefficient (Wildman–Crippen LogP) is 1.64. The Kier molecular flexibility index (Phi) is 6.37. The highest BCUT2D eigenvalue weighted by atomic mass is 16.5. The molecule has 0 spiro atoms. The van der Waals surface area contributed by atoms with Gasteiger partial charge in [0, 0.05) is 46.2 Å².